The van der Waals surface area contributed by atoms with Crippen LogP contribution in [0.5, 0.6) is 5.75 Å². The maximum absolute atomic E-state index is 13.7. The fourth-order valence-corrected chi connectivity index (χ4v) is 5.05. The maximum Gasteiger partial charge on any atom is 0.285 e. The lowest BCUT2D eigenvalue weighted by Gasteiger charge is -2.31. The van der Waals surface area contributed by atoms with Crippen LogP contribution in [0, 0.1) is 5.82 Å². The van der Waals surface area contributed by atoms with Crippen molar-refractivity contribution < 1.29 is 17.5 Å². The number of methoxy groups -OCH3 is 1. The number of ether oxygens (including phenoxy) is 1. The van der Waals surface area contributed by atoms with Gasteiger partial charge in [0.25, 0.3) is 10.0 Å². The molecular weight excluding hydrogens is 449 g/mol. The summed E-state index contributed by atoms with van der Waals surface area (Å²) in [6.07, 6.45) is 1.43. The highest BCUT2D eigenvalue weighted by molar-refractivity contribution is 9.10. The molecule has 0 bridgehead atoms. The zero-order valence-corrected chi connectivity index (χ0v) is 17.6. The van der Waals surface area contributed by atoms with E-state index < -0.39 is 15.8 Å². The van der Waals surface area contributed by atoms with Crippen LogP contribution >= 0.6 is 15.9 Å². The van der Waals surface area contributed by atoms with Gasteiger partial charge in [0.05, 0.1) is 18.9 Å². The Morgan fingerprint density at radius 3 is 2.79 bits per heavy atom. The fraction of sp³-hybridized carbons (Fsp3) is 0.263. The van der Waals surface area contributed by atoms with Gasteiger partial charge in [-0.05, 0) is 56.2 Å². The molecule has 0 aliphatic carbocycles. The Hall–Kier alpha value is -2.26. The van der Waals surface area contributed by atoms with E-state index in [0.29, 0.717) is 22.3 Å². The van der Waals surface area contributed by atoms with Crippen molar-refractivity contribution in [3.05, 3.63) is 57.8 Å². The summed E-state index contributed by atoms with van der Waals surface area (Å²) in [5.74, 6) is 0.00118. The molecule has 0 amide bonds. The molecule has 2 aromatic carbocycles. The minimum atomic E-state index is -3.77. The van der Waals surface area contributed by atoms with Crippen LogP contribution in [0.15, 0.2) is 55.3 Å². The Bertz CT molecular complexity index is 1130. The van der Waals surface area contributed by atoms with E-state index in [1.807, 2.05) is 6.92 Å². The van der Waals surface area contributed by atoms with Crippen LogP contribution in [0.4, 0.5) is 4.39 Å². The summed E-state index contributed by atoms with van der Waals surface area (Å²) >= 11 is 3.30. The van der Waals surface area contributed by atoms with Crippen LogP contribution in [0.25, 0.3) is 0 Å². The van der Waals surface area contributed by atoms with Gasteiger partial charge in [-0.1, -0.05) is 15.9 Å². The predicted molar refractivity (Wildman–Crippen MR) is 108 cm³/mol. The zero-order valence-electron chi connectivity index (χ0n) is 15.2. The molecule has 0 aromatic heterocycles. The topological polar surface area (TPSA) is 71.3 Å². The molecular formula is C19H17BrFN3O3S. The number of rotatable bonds is 2. The van der Waals surface area contributed by atoms with Crippen LogP contribution in [0.3, 0.4) is 0 Å². The minimum Gasteiger partial charge on any atom is -0.494 e. The second kappa shape index (κ2) is 6.97. The Morgan fingerprint density at radius 2 is 2.04 bits per heavy atom. The highest BCUT2D eigenvalue weighted by Gasteiger charge is 2.35. The number of hydrazone groups is 1. The lowest BCUT2D eigenvalue weighted by atomic mass is 10.00. The predicted octanol–water partition coefficient (Wildman–Crippen LogP) is 3.93. The molecule has 0 saturated heterocycles. The molecule has 2 aliphatic heterocycles. The van der Waals surface area contributed by atoms with Gasteiger partial charge in [-0.2, -0.15) is 13.5 Å². The number of fused-ring (bicyclic) bond motifs is 1. The monoisotopic (exact) mass is 465 g/mol. The molecule has 0 fully saturated rings. The molecule has 4 rings (SSSR count). The molecule has 2 aromatic rings. The van der Waals surface area contributed by atoms with Crippen molar-refractivity contribution in [2.45, 2.75) is 30.7 Å². The summed E-state index contributed by atoms with van der Waals surface area (Å²) in [5.41, 5.74) is 1.98. The molecule has 2 heterocycles. The third kappa shape index (κ3) is 3.22. The van der Waals surface area contributed by atoms with Crippen molar-refractivity contribution in [2.75, 3.05) is 7.11 Å². The smallest absolute Gasteiger partial charge is 0.285 e. The van der Waals surface area contributed by atoms with Crippen molar-refractivity contribution in [1.82, 2.24) is 5.01 Å². The highest BCUT2D eigenvalue weighted by atomic mass is 79.9. The summed E-state index contributed by atoms with van der Waals surface area (Å²) in [7, 11) is -2.36. The van der Waals surface area contributed by atoms with Crippen molar-refractivity contribution in [2.24, 2.45) is 9.50 Å². The number of hydrogen-bond acceptors (Lipinski definition) is 5. The molecule has 6 nitrogen and oxygen atoms in total. The van der Waals surface area contributed by atoms with Gasteiger partial charge in [-0.25, -0.2) is 9.40 Å². The van der Waals surface area contributed by atoms with Gasteiger partial charge < -0.3 is 4.74 Å². The Morgan fingerprint density at radius 1 is 1.25 bits per heavy atom. The number of halogens is 2. The highest BCUT2D eigenvalue weighted by Crippen LogP contribution is 2.33. The van der Waals surface area contributed by atoms with E-state index in [1.165, 1.54) is 13.2 Å². The van der Waals surface area contributed by atoms with E-state index in [9.17, 15) is 12.8 Å². The molecule has 0 radical (unpaired) electrons. The van der Waals surface area contributed by atoms with Gasteiger partial charge in [0.15, 0.2) is 17.4 Å². The van der Waals surface area contributed by atoms with Crippen molar-refractivity contribution in [3.8, 4) is 5.75 Å². The van der Waals surface area contributed by atoms with Gasteiger partial charge in [-0.15, -0.1) is 4.40 Å². The molecule has 0 spiro atoms. The molecule has 2 aliphatic rings. The third-order valence-electron chi connectivity index (χ3n) is 4.82. The van der Waals surface area contributed by atoms with Crippen LogP contribution in [0.1, 0.15) is 30.9 Å². The van der Waals surface area contributed by atoms with E-state index in [-0.39, 0.29) is 16.7 Å². The third-order valence-corrected chi connectivity index (χ3v) is 6.62. The first-order chi connectivity index (χ1) is 13.3. The van der Waals surface area contributed by atoms with Crippen molar-refractivity contribution in [1.29, 1.82) is 0 Å². The number of hydrogen-bond donors (Lipinski definition) is 0. The van der Waals surface area contributed by atoms with E-state index in [1.54, 1.807) is 35.3 Å². The molecule has 0 saturated carbocycles. The molecule has 1 atom stereocenters. The summed E-state index contributed by atoms with van der Waals surface area (Å²) < 4.78 is 48.4. The summed E-state index contributed by atoms with van der Waals surface area (Å²) in [5, 5.41) is 6.32. The zero-order chi connectivity index (χ0) is 20.1. The van der Waals surface area contributed by atoms with E-state index >= 15 is 0 Å². The summed E-state index contributed by atoms with van der Waals surface area (Å²) in [6.45, 7) is 1.97. The van der Waals surface area contributed by atoms with Crippen molar-refractivity contribution >= 4 is 37.5 Å². The van der Waals surface area contributed by atoms with Gasteiger partial charge in [0.1, 0.15) is 4.90 Å². The van der Waals surface area contributed by atoms with E-state index in [0.717, 1.165) is 17.7 Å². The Kier molecular flexibility index (Phi) is 4.75. The number of nitrogens with zero attached hydrogens (tertiary/aromatic N) is 3. The second-order valence-corrected chi connectivity index (χ2v) is 9.15. The first-order valence-electron chi connectivity index (χ1n) is 8.65. The number of benzene rings is 2. The van der Waals surface area contributed by atoms with Gasteiger partial charge in [0.2, 0.25) is 0 Å². The first-order valence-corrected chi connectivity index (χ1v) is 10.9. The minimum absolute atomic E-state index is 0.0327. The summed E-state index contributed by atoms with van der Waals surface area (Å²) in [4.78, 5) is 0.162. The van der Waals surface area contributed by atoms with Crippen LogP contribution in [-0.2, 0) is 10.0 Å². The quantitative estimate of drug-likeness (QED) is 0.673. The van der Waals surface area contributed by atoms with Crippen LogP contribution in [0.2, 0.25) is 0 Å². The lowest BCUT2D eigenvalue weighted by Crippen LogP contribution is -2.38. The van der Waals surface area contributed by atoms with Crippen LogP contribution < -0.4 is 4.74 Å². The van der Waals surface area contributed by atoms with Gasteiger partial charge >= 0.3 is 0 Å². The lowest BCUT2D eigenvalue weighted by molar-refractivity contribution is 0.316. The van der Waals surface area contributed by atoms with Crippen molar-refractivity contribution in [3.63, 3.8) is 0 Å². The van der Waals surface area contributed by atoms with Gasteiger partial charge in [-0.3, -0.25) is 0 Å². The first kappa shape index (κ1) is 19.1. The fourth-order valence-electron chi connectivity index (χ4n) is 3.32. The molecule has 28 heavy (non-hydrogen) atoms. The van der Waals surface area contributed by atoms with E-state index in [4.69, 9.17) is 4.74 Å². The summed E-state index contributed by atoms with van der Waals surface area (Å²) in [6, 6.07) is 9.59. The largest absolute Gasteiger partial charge is 0.494 e. The van der Waals surface area contributed by atoms with E-state index in [2.05, 4.69) is 25.4 Å². The molecule has 146 valence electrons. The Balaban J connectivity index is 1.79. The maximum atomic E-state index is 13.7. The van der Waals surface area contributed by atoms with Gasteiger partial charge in [0, 0.05) is 15.6 Å². The van der Waals surface area contributed by atoms with Crippen LogP contribution in [-0.4, -0.2) is 38.1 Å². The Labute approximate surface area is 170 Å². The molecule has 1 unspecified atom stereocenters. The normalized spacial score (nSPS) is 20.4. The average molecular weight is 466 g/mol. The molecule has 0 N–H and O–H groups in total. The second-order valence-electron chi connectivity index (χ2n) is 6.66. The average Bonchev–Trinajstić information content (AvgIpc) is 2.93. The molecule has 9 heteroatoms. The number of amidine groups is 1. The number of sulfonamides is 1. The standard InChI is InChI=1S/C19H17BrFN3O3S/c1-11-3-8-16(12-4-7-15(21)17(9-12)27-2)22-24(11)19-14-6-5-13(20)10-18(14)28(25,26)23-19/h4-7,9-11H,3,8H2,1-2H3. The SMILES string of the molecule is COc1cc(C2=NN(C3=NS(=O)(=O)c4cc(Br)ccc43)C(C)CC2)ccc1F.